The molecular weight excluding hydrogens is 325 g/mol. The molecule has 1 N–H and O–H groups in total. The monoisotopic (exact) mass is 331 g/mol. The van der Waals surface area contributed by atoms with Crippen LogP contribution in [-0.4, -0.2) is 18.4 Å². The third-order valence-corrected chi connectivity index (χ3v) is 3.70. The highest BCUT2D eigenvalue weighted by molar-refractivity contribution is 9.10. The van der Waals surface area contributed by atoms with Gasteiger partial charge in [-0.05, 0) is 40.2 Å². The van der Waals surface area contributed by atoms with Gasteiger partial charge in [-0.1, -0.05) is 0 Å². The van der Waals surface area contributed by atoms with E-state index in [1.807, 2.05) is 0 Å². The lowest BCUT2D eigenvalue weighted by Gasteiger charge is -2.06. The second-order valence-corrected chi connectivity index (χ2v) is 5.77. The van der Waals surface area contributed by atoms with Crippen molar-refractivity contribution >= 4 is 31.8 Å². The summed E-state index contributed by atoms with van der Waals surface area (Å²) in [6.07, 6.45) is 2.62. The number of nitrogens with zero attached hydrogens (tertiary/aromatic N) is 2. The van der Waals surface area contributed by atoms with E-state index in [1.54, 1.807) is 6.07 Å². The van der Waals surface area contributed by atoms with Crippen molar-refractivity contribution in [2.45, 2.75) is 5.03 Å². The highest BCUT2D eigenvalue weighted by Crippen LogP contribution is 2.16. The summed E-state index contributed by atoms with van der Waals surface area (Å²) in [5, 5.41) is -0.658. The van der Waals surface area contributed by atoms with Gasteiger partial charge in [0, 0.05) is 16.9 Å². The van der Waals surface area contributed by atoms with Gasteiger partial charge >= 0.3 is 0 Å². The summed E-state index contributed by atoms with van der Waals surface area (Å²) in [5.74, 6) is -0.828. The molecule has 0 fully saturated rings. The van der Waals surface area contributed by atoms with Crippen LogP contribution < -0.4 is 4.72 Å². The molecule has 0 saturated heterocycles. The summed E-state index contributed by atoms with van der Waals surface area (Å²) in [7, 11) is -4.07. The lowest BCUT2D eigenvalue weighted by Crippen LogP contribution is -2.16. The van der Waals surface area contributed by atoms with E-state index in [1.165, 1.54) is 24.5 Å². The van der Waals surface area contributed by atoms with Gasteiger partial charge in [0.25, 0.3) is 10.0 Å². The van der Waals surface area contributed by atoms with E-state index in [2.05, 4.69) is 30.6 Å². The highest BCUT2D eigenvalue weighted by Gasteiger charge is 2.20. The third kappa shape index (κ3) is 2.82. The van der Waals surface area contributed by atoms with Crippen molar-refractivity contribution in [3.8, 4) is 0 Å². The van der Waals surface area contributed by atoms with Crippen LogP contribution in [0.3, 0.4) is 0 Å². The average molecular weight is 332 g/mol. The maximum atomic E-state index is 13.3. The molecule has 0 radical (unpaired) electrons. The molecule has 18 heavy (non-hydrogen) atoms. The van der Waals surface area contributed by atoms with Gasteiger partial charge in [0.1, 0.15) is 5.82 Å². The summed E-state index contributed by atoms with van der Waals surface area (Å²) in [6, 6.07) is 5.39. The van der Waals surface area contributed by atoms with Crippen molar-refractivity contribution in [1.82, 2.24) is 9.97 Å². The number of pyridine rings is 2. The lowest BCUT2D eigenvalue weighted by molar-refractivity contribution is 0.556. The molecule has 2 rings (SSSR count). The van der Waals surface area contributed by atoms with Gasteiger partial charge in [-0.2, -0.15) is 8.42 Å². The molecule has 0 aromatic carbocycles. The number of rotatable bonds is 3. The largest absolute Gasteiger partial charge is 0.283 e. The van der Waals surface area contributed by atoms with Gasteiger partial charge in [-0.15, -0.1) is 0 Å². The Morgan fingerprint density at radius 3 is 2.61 bits per heavy atom. The molecule has 94 valence electrons. The number of nitrogens with one attached hydrogen (secondary N) is 1. The molecule has 2 aromatic heterocycles. The predicted octanol–water partition coefficient (Wildman–Crippen LogP) is 2.18. The molecule has 0 aliphatic heterocycles. The maximum absolute atomic E-state index is 13.3. The first-order valence-electron chi connectivity index (χ1n) is 4.74. The van der Waals surface area contributed by atoms with E-state index in [0.29, 0.717) is 4.47 Å². The molecule has 0 aliphatic rings. The van der Waals surface area contributed by atoms with Crippen molar-refractivity contribution in [1.29, 1.82) is 0 Å². The highest BCUT2D eigenvalue weighted by atomic mass is 79.9. The number of hydrogen-bond donors (Lipinski definition) is 1. The van der Waals surface area contributed by atoms with E-state index in [-0.39, 0.29) is 5.82 Å². The van der Waals surface area contributed by atoms with Crippen molar-refractivity contribution in [2.24, 2.45) is 0 Å². The van der Waals surface area contributed by atoms with Crippen LogP contribution in [0, 0.1) is 5.82 Å². The lowest BCUT2D eigenvalue weighted by atomic mass is 10.5. The molecule has 8 heteroatoms. The van der Waals surface area contributed by atoms with Crippen LogP contribution in [0.5, 0.6) is 0 Å². The van der Waals surface area contributed by atoms with Crippen LogP contribution in [0.1, 0.15) is 0 Å². The van der Waals surface area contributed by atoms with Crippen LogP contribution in [0.2, 0.25) is 0 Å². The topological polar surface area (TPSA) is 72.0 Å². The minimum atomic E-state index is -4.07. The number of anilines is 1. The zero-order chi connectivity index (χ0) is 13.2. The quantitative estimate of drug-likeness (QED) is 0.935. The molecule has 0 unspecified atom stereocenters. The fraction of sp³-hybridized carbons (Fsp3) is 0. The second-order valence-electron chi connectivity index (χ2n) is 3.26. The molecule has 0 amide bonds. The smallest absolute Gasteiger partial charge is 0.262 e. The fourth-order valence-corrected chi connectivity index (χ4v) is 2.44. The van der Waals surface area contributed by atoms with Crippen LogP contribution in [-0.2, 0) is 10.0 Å². The summed E-state index contributed by atoms with van der Waals surface area (Å²) in [6.45, 7) is 0. The fourth-order valence-electron chi connectivity index (χ4n) is 1.19. The molecule has 5 nitrogen and oxygen atoms in total. The number of aromatic nitrogens is 2. The first-order chi connectivity index (χ1) is 8.49. The van der Waals surface area contributed by atoms with Crippen LogP contribution in [0.15, 0.2) is 46.2 Å². The molecule has 2 aromatic rings. The zero-order valence-corrected chi connectivity index (χ0v) is 11.2. The summed E-state index contributed by atoms with van der Waals surface area (Å²) >= 11 is 3.17. The van der Waals surface area contributed by atoms with Gasteiger partial charge in [0.2, 0.25) is 5.03 Å². The van der Waals surface area contributed by atoms with Crippen LogP contribution >= 0.6 is 15.9 Å². The number of hydrogen-bond acceptors (Lipinski definition) is 4. The Bertz CT molecular complexity index is 661. The van der Waals surface area contributed by atoms with Crippen molar-refractivity contribution in [3.63, 3.8) is 0 Å². The van der Waals surface area contributed by atoms with Crippen LogP contribution in [0.4, 0.5) is 10.2 Å². The Morgan fingerprint density at radius 2 is 2.00 bits per heavy atom. The van der Waals surface area contributed by atoms with Gasteiger partial charge in [-0.3, -0.25) is 4.72 Å². The van der Waals surface area contributed by atoms with E-state index < -0.39 is 20.9 Å². The molecule has 2 heterocycles. The predicted molar refractivity (Wildman–Crippen MR) is 66.9 cm³/mol. The minimum absolute atomic E-state index is 0.0863. The molecule has 0 atom stereocenters. The summed E-state index contributed by atoms with van der Waals surface area (Å²) in [4.78, 5) is 7.33. The number of halogens is 2. The number of sulfonamides is 1. The van der Waals surface area contributed by atoms with Crippen molar-refractivity contribution < 1.29 is 12.8 Å². The molecule has 0 spiro atoms. The summed E-state index contributed by atoms with van der Waals surface area (Å²) < 4.78 is 39.9. The molecular formula is C10H7BrFN3O2S. The van der Waals surface area contributed by atoms with Gasteiger partial charge in [0.05, 0.1) is 0 Å². The minimum Gasteiger partial charge on any atom is -0.262 e. The molecule has 0 saturated carbocycles. The first-order valence-corrected chi connectivity index (χ1v) is 7.01. The average Bonchev–Trinajstić information content (AvgIpc) is 2.32. The Hall–Kier alpha value is -1.54. The van der Waals surface area contributed by atoms with E-state index >= 15 is 0 Å². The Balaban J connectivity index is 2.33. The third-order valence-electron chi connectivity index (χ3n) is 1.95. The Labute approximate surface area is 111 Å². The van der Waals surface area contributed by atoms with Gasteiger partial charge < -0.3 is 0 Å². The Morgan fingerprint density at radius 1 is 1.22 bits per heavy atom. The summed E-state index contributed by atoms with van der Waals surface area (Å²) in [5.41, 5.74) is 0. The van der Waals surface area contributed by atoms with Crippen molar-refractivity contribution in [3.05, 3.63) is 46.9 Å². The van der Waals surface area contributed by atoms with E-state index in [0.717, 1.165) is 6.07 Å². The molecule has 0 aliphatic carbocycles. The second kappa shape index (κ2) is 4.99. The first kappa shape index (κ1) is 12.9. The maximum Gasteiger partial charge on any atom is 0.283 e. The van der Waals surface area contributed by atoms with Crippen molar-refractivity contribution in [2.75, 3.05) is 4.72 Å². The van der Waals surface area contributed by atoms with Gasteiger partial charge in [0.15, 0.2) is 5.82 Å². The van der Waals surface area contributed by atoms with E-state index in [4.69, 9.17) is 0 Å². The Kier molecular flexibility index (Phi) is 3.58. The van der Waals surface area contributed by atoms with E-state index in [9.17, 15) is 12.8 Å². The van der Waals surface area contributed by atoms with Gasteiger partial charge in [-0.25, -0.2) is 14.4 Å². The van der Waals surface area contributed by atoms with Crippen LogP contribution in [0.25, 0.3) is 0 Å². The normalized spacial score (nSPS) is 11.2. The molecule has 0 bridgehead atoms. The SMILES string of the molecule is O=S(=O)(Nc1ccc(Br)cn1)c1ncccc1F. The standard InChI is InChI=1S/C10H7BrFN3O2S/c11-7-3-4-9(14-6-7)15-18(16,17)10-8(12)2-1-5-13-10/h1-6H,(H,14,15). The zero-order valence-electron chi connectivity index (χ0n) is 8.84.